The fraction of sp³-hybridized carbons (Fsp3) is 0.333. The van der Waals surface area contributed by atoms with E-state index in [0.717, 1.165) is 46.8 Å². The third-order valence-corrected chi connectivity index (χ3v) is 7.87. The van der Waals surface area contributed by atoms with Crippen LogP contribution in [0.4, 0.5) is 0 Å². The largest absolute Gasteiger partial charge is 0.484 e. The average molecular weight is 584 g/mol. The Hall–Kier alpha value is -2.83. The molecule has 1 fully saturated rings. The number of halogens is 2. The van der Waals surface area contributed by atoms with Gasteiger partial charge >= 0.3 is 0 Å². The molecule has 0 aromatic heterocycles. The molecule has 0 bridgehead atoms. The molecule has 1 aliphatic rings. The maximum absolute atomic E-state index is 13.7. The monoisotopic (exact) mass is 582 g/mol. The number of amides is 2. The summed E-state index contributed by atoms with van der Waals surface area (Å²) in [5, 5.41) is 3.84. The van der Waals surface area contributed by atoms with Crippen molar-refractivity contribution in [3.63, 3.8) is 0 Å². The zero-order valence-corrected chi connectivity index (χ0v) is 23.3. The van der Waals surface area contributed by atoms with Gasteiger partial charge in [0.15, 0.2) is 6.61 Å². The SMILES string of the molecule is Cc1cc(OCC(=O)N(Cc2ccc(Cl)cc2)C(Cc2ccccc2)C(=O)NC2CCCC2)ccc1Br. The Morgan fingerprint density at radius 1 is 1.03 bits per heavy atom. The highest BCUT2D eigenvalue weighted by molar-refractivity contribution is 9.10. The predicted octanol–water partition coefficient (Wildman–Crippen LogP) is 6.49. The van der Waals surface area contributed by atoms with Crippen molar-refractivity contribution in [1.82, 2.24) is 10.2 Å². The van der Waals surface area contributed by atoms with E-state index in [4.69, 9.17) is 16.3 Å². The topological polar surface area (TPSA) is 58.6 Å². The molecule has 4 rings (SSSR count). The van der Waals surface area contributed by atoms with E-state index in [0.29, 0.717) is 17.2 Å². The molecule has 37 heavy (non-hydrogen) atoms. The summed E-state index contributed by atoms with van der Waals surface area (Å²) in [5.41, 5.74) is 2.90. The summed E-state index contributed by atoms with van der Waals surface area (Å²) in [5.74, 6) is 0.228. The number of carbonyl (C=O) groups excluding carboxylic acids is 2. The van der Waals surface area contributed by atoms with Gasteiger partial charge in [-0.3, -0.25) is 9.59 Å². The molecule has 1 N–H and O–H groups in total. The molecule has 3 aromatic carbocycles. The number of carbonyl (C=O) groups is 2. The Morgan fingerprint density at radius 2 is 1.73 bits per heavy atom. The van der Waals surface area contributed by atoms with Gasteiger partial charge in [-0.1, -0.05) is 82.8 Å². The zero-order valence-electron chi connectivity index (χ0n) is 21.0. The van der Waals surface area contributed by atoms with Crippen LogP contribution < -0.4 is 10.1 Å². The summed E-state index contributed by atoms with van der Waals surface area (Å²) in [6.45, 7) is 2.07. The van der Waals surface area contributed by atoms with Crippen LogP contribution in [0.5, 0.6) is 5.75 Å². The Labute approximate surface area is 232 Å². The van der Waals surface area contributed by atoms with E-state index in [9.17, 15) is 9.59 Å². The molecule has 2 amide bonds. The number of hydrogen-bond acceptors (Lipinski definition) is 3. The highest BCUT2D eigenvalue weighted by atomic mass is 79.9. The molecule has 1 unspecified atom stereocenters. The summed E-state index contributed by atoms with van der Waals surface area (Å²) in [6, 6.07) is 22.3. The summed E-state index contributed by atoms with van der Waals surface area (Å²) in [6.07, 6.45) is 4.59. The highest BCUT2D eigenvalue weighted by Crippen LogP contribution is 2.23. The minimum absolute atomic E-state index is 0.127. The van der Waals surface area contributed by atoms with Crippen molar-refractivity contribution >= 4 is 39.3 Å². The molecule has 1 saturated carbocycles. The minimum Gasteiger partial charge on any atom is -0.484 e. The number of hydrogen-bond donors (Lipinski definition) is 1. The lowest BCUT2D eigenvalue weighted by molar-refractivity contribution is -0.143. The van der Waals surface area contributed by atoms with Gasteiger partial charge in [0.25, 0.3) is 5.91 Å². The van der Waals surface area contributed by atoms with Crippen molar-refractivity contribution in [2.24, 2.45) is 0 Å². The van der Waals surface area contributed by atoms with Crippen LogP contribution in [0, 0.1) is 6.92 Å². The number of nitrogens with one attached hydrogen (secondary N) is 1. The number of ether oxygens (including phenoxy) is 1. The zero-order chi connectivity index (χ0) is 26.2. The van der Waals surface area contributed by atoms with Gasteiger partial charge in [-0.25, -0.2) is 0 Å². The molecule has 0 spiro atoms. The van der Waals surface area contributed by atoms with Crippen molar-refractivity contribution in [3.8, 4) is 5.75 Å². The van der Waals surface area contributed by atoms with Crippen LogP contribution in [0.1, 0.15) is 42.4 Å². The van der Waals surface area contributed by atoms with Crippen molar-refractivity contribution in [2.45, 2.75) is 57.7 Å². The predicted molar refractivity (Wildman–Crippen MR) is 151 cm³/mol. The summed E-state index contributed by atoms with van der Waals surface area (Å²) >= 11 is 9.59. The third-order valence-electron chi connectivity index (χ3n) is 6.73. The summed E-state index contributed by atoms with van der Waals surface area (Å²) in [4.78, 5) is 29.0. The van der Waals surface area contributed by atoms with Crippen LogP contribution >= 0.6 is 27.5 Å². The lowest BCUT2D eigenvalue weighted by Crippen LogP contribution is -2.53. The van der Waals surface area contributed by atoms with E-state index in [1.54, 1.807) is 17.0 Å². The molecular weight excluding hydrogens is 552 g/mol. The molecule has 1 aliphatic carbocycles. The van der Waals surface area contributed by atoms with Gasteiger partial charge in [0.1, 0.15) is 11.8 Å². The first-order valence-corrected chi connectivity index (χ1v) is 13.8. The third kappa shape index (κ3) is 7.83. The Morgan fingerprint density at radius 3 is 2.41 bits per heavy atom. The standard InChI is InChI=1S/C30H32BrClN2O3/c1-21-17-26(15-16-27(21)31)37-20-29(35)34(19-23-11-13-24(32)14-12-23)28(18-22-7-3-2-4-8-22)30(36)33-25-9-5-6-10-25/h2-4,7-8,11-17,25,28H,5-6,9-10,18-20H2,1H3,(H,33,36). The number of rotatable bonds is 10. The first-order valence-electron chi connectivity index (χ1n) is 12.7. The lowest BCUT2D eigenvalue weighted by Gasteiger charge is -2.32. The molecule has 5 nitrogen and oxygen atoms in total. The van der Waals surface area contributed by atoms with Gasteiger partial charge in [0.05, 0.1) is 0 Å². The second kappa shape index (κ2) is 13.1. The van der Waals surface area contributed by atoms with E-state index in [1.165, 1.54) is 0 Å². The quantitative estimate of drug-likeness (QED) is 0.297. The van der Waals surface area contributed by atoms with Crippen LogP contribution in [0.25, 0.3) is 0 Å². The van der Waals surface area contributed by atoms with Crippen molar-refractivity contribution in [1.29, 1.82) is 0 Å². The van der Waals surface area contributed by atoms with Gasteiger partial charge in [-0.2, -0.15) is 0 Å². The number of aryl methyl sites for hydroxylation is 1. The molecule has 0 saturated heterocycles. The molecule has 0 heterocycles. The minimum atomic E-state index is -0.679. The summed E-state index contributed by atoms with van der Waals surface area (Å²) < 4.78 is 6.86. The van der Waals surface area contributed by atoms with Crippen molar-refractivity contribution < 1.29 is 14.3 Å². The fourth-order valence-electron chi connectivity index (χ4n) is 4.64. The van der Waals surface area contributed by atoms with E-state index >= 15 is 0 Å². The van der Waals surface area contributed by atoms with Gasteiger partial charge in [0, 0.05) is 28.5 Å². The van der Waals surface area contributed by atoms with Crippen LogP contribution in [0.15, 0.2) is 77.3 Å². The van der Waals surface area contributed by atoms with Crippen LogP contribution in [0.3, 0.4) is 0 Å². The van der Waals surface area contributed by atoms with E-state index in [2.05, 4.69) is 21.2 Å². The molecule has 0 aliphatic heterocycles. The maximum atomic E-state index is 13.7. The van der Waals surface area contributed by atoms with Crippen LogP contribution in [-0.2, 0) is 22.6 Å². The molecular formula is C30H32BrClN2O3. The van der Waals surface area contributed by atoms with Crippen LogP contribution in [-0.4, -0.2) is 35.4 Å². The normalized spacial score (nSPS) is 14.2. The second-order valence-corrected chi connectivity index (χ2v) is 10.8. The summed E-state index contributed by atoms with van der Waals surface area (Å²) in [7, 11) is 0. The highest BCUT2D eigenvalue weighted by Gasteiger charge is 2.32. The van der Waals surface area contributed by atoms with Gasteiger partial charge in [-0.15, -0.1) is 0 Å². The Bertz CT molecular complexity index is 1200. The first kappa shape index (κ1) is 27.2. The lowest BCUT2D eigenvalue weighted by atomic mass is 10.0. The fourth-order valence-corrected chi connectivity index (χ4v) is 5.02. The molecule has 1 atom stereocenters. The van der Waals surface area contributed by atoms with Gasteiger partial charge in [0.2, 0.25) is 5.91 Å². The smallest absolute Gasteiger partial charge is 0.261 e. The molecule has 194 valence electrons. The first-order chi connectivity index (χ1) is 17.9. The molecule has 3 aromatic rings. The average Bonchev–Trinajstić information content (AvgIpc) is 3.41. The van der Waals surface area contributed by atoms with Crippen molar-refractivity contribution in [3.05, 3.63) is 99.0 Å². The van der Waals surface area contributed by atoms with Crippen molar-refractivity contribution in [2.75, 3.05) is 6.61 Å². The van der Waals surface area contributed by atoms with E-state index in [-0.39, 0.29) is 31.0 Å². The van der Waals surface area contributed by atoms with Crippen LogP contribution in [0.2, 0.25) is 5.02 Å². The molecule has 7 heteroatoms. The number of benzene rings is 3. The van der Waals surface area contributed by atoms with Gasteiger partial charge < -0.3 is 15.0 Å². The Kier molecular flexibility index (Phi) is 9.64. The maximum Gasteiger partial charge on any atom is 0.261 e. The van der Waals surface area contributed by atoms with E-state index in [1.807, 2.05) is 67.6 Å². The number of nitrogens with zero attached hydrogens (tertiary/aromatic N) is 1. The van der Waals surface area contributed by atoms with Gasteiger partial charge in [-0.05, 0) is 66.8 Å². The molecule has 0 radical (unpaired) electrons. The Balaban J connectivity index is 1.60. The van der Waals surface area contributed by atoms with E-state index < -0.39 is 6.04 Å². The second-order valence-electron chi connectivity index (χ2n) is 9.54.